The van der Waals surface area contributed by atoms with Gasteiger partial charge in [-0.25, -0.2) is 0 Å². The Morgan fingerprint density at radius 1 is 1.09 bits per heavy atom. The van der Waals surface area contributed by atoms with Crippen LogP contribution in [0.3, 0.4) is 0 Å². The first kappa shape index (κ1) is 15.7. The van der Waals surface area contributed by atoms with Gasteiger partial charge in [-0.3, -0.25) is 14.6 Å². The molecule has 0 aliphatic carbocycles. The van der Waals surface area contributed by atoms with Crippen molar-refractivity contribution in [2.24, 2.45) is 0 Å². The van der Waals surface area contributed by atoms with Gasteiger partial charge in [0.15, 0.2) is 0 Å². The average molecular weight is 297 g/mol. The maximum Gasteiger partial charge on any atom is 0.233 e. The second-order valence-electron chi connectivity index (χ2n) is 5.16. The zero-order valence-electron chi connectivity index (χ0n) is 12.7. The Morgan fingerprint density at radius 2 is 1.91 bits per heavy atom. The SMILES string of the molecule is Cc1ccc(NC(=O)CC(=O)NCc2cccnc2)cc1C. The molecule has 0 aliphatic heterocycles. The second-order valence-corrected chi connectivity index (χ2v) is 5.16. The van der Waals surface area contributed by atoms with E-state index in [2.05, 4.69) is 15.6 Å². The maximum atomic E-state index is 11.8. The van der Waals surface area contributed by atoms with Crippen molar-refractivity contribution in [1.29, 1.82) is 0 Å². The first-order chi connectivity index (χ1) is 10.5. The van der Waals surface area contributed by atoms with Crippen LogP contribution >= 0.6 is 0 Å². The predicted molar refractivity (Wildman–Crippen MR) is 85.2 cm³/mol. The van der Waals surface area contributed by atoms with Crippen molar-refractivity contribution in [2.45, 2.75) is 26.8 Å². The van der Waals surface area contributed by atoms with Crippen molar-refractivity contribution in [3.05, 3.63) is 59.4 Å². The van der Waals surface area contributed by atoms with E-state index in [1.54, 1.807) is 18.5 Å². The Bertz CT molecular complexity index is 669. The Kier molecular flexibility index (Phi) is 5.25. The fourth-order valence-electron chi connectivity index (χ4n) is 1.94. The van der Waals surface area contributed by atoms with Crippen LogP contribution in [-0.2, 0) is 16.1 Å². The van der Waals surface area contributed by atoms with Gasteiger partial charge >= 0.3 is 0 Å². The van der Waals surface area contributed by atoms with E-state index in [1.807, 2.05) is 38.1 Å². The largest absolute Gasteiger partial charge is 0.352 e. The number of hydrogen-bond acceptors (Lipinski definition) is 3. The van der Waals surface area contributed by atoms with Gasteiger partial charge in [0.25, 0.3) is 0 Å². The highest BCUT2D eigenvalue weighted by molar-refractivity contribution is 6.03. The van der Waals surface area contributed by atoms with E-state index in [9.17, 15) is 9.59 Å². The molecule has 2 amide bonds. The van der Waals surface area contributed by atoms with E-state index in [0.29, 0.717) is 12.2 Å². The van der Waals surface area contributed by atoms with E-state index in [0.717, 1.165) is 16.7 Å². The van der Waals surface area contributed by atoms with Crippen molar-refractivity contribution < 1.29 is 9.59 Å². The third kappa shape index (κ3) is 4.70. The Hall–Kier alpha value is -2.69. The van der Waals surface area contributed by atoms with Gasteiger partial charge in [-0.1, -0.05) is 12.1 Å². The van der Waals surface area contributed by atoms with Crippen LogP contribution in [0.2, 0.25) is 0 Å². The number of aryl methyl sites for hydroxylation is 2. The smallest absolute Gasteiger partial charge is 0.233 e. The molecule has 22 heavy (non-hydrogen) atoms. The van der Waals surface area contributed by atoms with Crippen LogP contribution in [0.4, 0.5) is 5.69 Å². The molecular formula is C17H19N3O2. The number of nitrogens with zero attached hydrogens (tertiary/aromatic N) is 1. The molecule has 0 saturated carbocycles. The zero-order valence-corrected chi connectivity index (χ0v) is 12.7. The number of benzene rings is 1. The third-order valence-corrected chi connectivity index (χ3v) is 3.32. The van der Waals surface area contributed by atoms with Crippen molar-refractivity contribution in [3.63, 3.8) is 0 Å². The van der Waals surface area contributed by atoms with E-state index in [4.69, 9.17) is 0 Å². The summed E-state index contributed by atoms with van der Waals surface area (Å²) in [5.41, 5.74) is 3.85. The standard InChI is InChI=1S/C17H19N3O2/c1-12-5-6-15(8-13(12)2)20-17(22)9-16(21)19-11-14-4-3-7-18-10-14/h3-8,10H,9,11H2,1-2H3,(H,19,21)(H,20,22). The molecular weight excluding hydrogens is 278 g/mol. The molecule has 114 valence electrons. The molecule has 2 rings (SSSR count). The van der Waals surface area contributed by atoms with Crippen LogP contribution in [0.25, 0.3) is 0 Å². The van der Waals surface area contributed by atoms with Crippen LogP contribution in [-0.4, -0.2) is 16.8 Å². The molecule has 2 N–H and O–H groups in total. The van der Waals surface area contributed by atoms with Gasteiger partial charge in [0.05, 0.1) is 0 Å². The minimum atomic E-state index is -0.327. The fourth-order valence-corrected chi connectivity index (χ4v) is 1.94. The number of carbonyl (C=O) groups is 2. The summed E-state index contributed by atoms with van der Waals surface area (Å²) in [6.45, 7) is 4.35. The van der Waals surface area contributed by atoms with Crippen LogP contribution in [0, 0.1) is 13.8 Å². The van der Waals surface area contributed by atoms with Crippen molar-refractivity contribution in [2.75, 3.05) is 5.32 Å². The fraction of sp³-hybridized carbons (Fsp3) is 0.235. The topological polar surface area (TPSA) is 71.1 Å². The number of carbonyl (C=O) groups excluding carboxylic acids is 2. The van der Waals surface area contributed by atoms with E-state index in [-0.39, 0.29) is 18.2 Å². The molecule has 5 heteroatoms. The number of aromatic nitrogens is 1. The second kappa shape index (κ2) is 7.36. The van der Waals surface area contributed by atoms with Crippen molar-refractivity contribution in [3.8, 4) is 0 Å². The van der Waals surface area contributed by atoms with Crippen molar-refractivity contribution in [1.82, 2.24) is 10.3 Å². The van der Waals surface area contributed by atoms with Crippen LogP contribution in [0.15, 0.2) is 42.7 Å². The van der Waals surface area contributed by atoms with Gasteiger partial charge in [-0.2, -0.15) is 0 Å². The third-order valence-electron chi connectivity index (χ3n) is 3.32. The highest BCUT2D eigenvalue weighted by Crippen LogP contribution is 2.14. The average Bonchev–Trinajstić information content (AvgIpc) is 2.50. The summed E-state index contributed by atoms with van der Waals surface area (Å²) in [6, 6.07) is 9.32. The summed E-state index contributed by atoms with van der Waals surface area (Å²) in [6.07, 6.45) is 3.14. The van der Waals surface area contributed by atoms with Gasteiger partial charge < -0.3 is 10.6 Å². The first-order valence-corrected chi connectivity index (χ1v) is 7.07. The van der Waals surface area contributed by atoms with Gasteiger partial charge in [-0.05, 0) is 48.7 Å². The number of hydrogen-bond donors (Lipinski definition) is 2. The zero-order chi connectivity index (χ0) is 15.9. The number of pyridine rings is 1. The first-order valence-electron chi connectivity index (χ1n) is 7.07. The van der Waals surface area contributed by atoms with Gasteiger partial charge in [0, 0.05) is 24.6 Å². The van der Waals surface area contributed by atoms with E-state index in [1.165, 1.54) is 0 Å². The number of rotatable bonds is 5. The minimum Gasteiger partial charge on any atom is -0.352 e. The van der Waals surface area contributed by atoms with Crippen LogP contribution < -0.4 is 10.6 Å². The highest BCUT2D eigenvalue weighted by Gasteiger charge is 2.09. The van der Waals surface area contributed by atoms with Gasteiger partial charge in [0.1, 0.15) is 6.42 Å². The molecule has 1 aromatic carbocycles. The molecule has 0 spiro atoms. The van der Waals surface area contributed by atoms with Gasteiger partial charge in [0.2, 0.25) is 11.8 Å². The predicted octanol–water partition coefficient (Wildman–Crippen LogP) is 2.34. The molecule has 0 radical (unpaired) electrons. The monoisotopic (exact) mass is 297 g/mol. The summed E-state index contributed by atoms with van der Waals surface area (Å²) < 4.78 is 0. The lowest BCUT2D eigenvalue weighted by atomic mass is 10.1. The summed E-state index contributed by atoms with van der Waals surface area (Å²) in [5.74, 6) is -0.642. The minimum absolute atomic E-state index is 0.201. The normalized spacial score (nSPS) is 10.1. The molecule has 0 saturated heterocycles. The molecule has 2 aromatic rings. The Balaban J connectivity index is 1.81. The quantitative estimate of drug-likeness (QED) is 0.832. The molecule has 5 nitrogen and oxygen atoms in total. The van der Waals surface area contributed by atoms with Crippen LogP contribution in [0.1, 0.15) is 23.1 Å². The molecule has 0 fully saturated rings. The molecule has 1 heterocycles. The number of anilines is 1. The molecule has 0 atom stereocenters. The lowest BCUT2D eigenvalue weighted by molar-refractivity contribution is -0.126. The summed E-state index contributed by atoms with van der Waals surface area (Å²) >= 11 is 0. The maximum absolute atomic E-state index is 11.8. The van der Waals surface area contributed by atoms with Gasteiger partial charge in [-0.15, -0.1) is 0 Å². The summed E-state index contributed by atoms with van der Waals surface area (Å²) in [4.78, 5) is 27.6. The Labute approximate surface area is 129 Å². The molecule has 1 aromatic heterocycles. The summed E-state index contributed by atoms with van der Waals surface area (Å²) in [5, 5.41) is 5.42. The lowest BCUT2D eigenvalue weighted by Crippen LogP contribution is -2.27. The molecule has 0 aliphatic rings. The van der Waals surface area contributed by atoms with E-state index >= 15 is 0 Å². The summed E-state index contributed by atoms with van der Waals surface area (Å²) in [7, 11) is 0. The van der Waals surface area contributed by atoms with Crippen molar-refractivity contribution >= 4 is 17.5 Å². The van der Waals surface area contributed by atoms with Crippen LogP contribution in [0.5, 0.6) is 0 Å². The Morgan fingerprint density at radius 3 is 2.59 bits per heavy atom. The lowest BCUT2D eigenvalue weighted by Gasteiger charge is -2.08. The highest BCUT2D eigenvalue weighted by atomic mass is 16.2. The van der Waals surface area contributed by atoms with E-state index < -0.39 is 0 Å². The molecule has 0 unspecified atom stereocenters. The molecule has 0 bridgehead atoms. The number of amides is 2. The number of nitrogens with one attached hydrogen (secondary N) is 2.